The lowest BCUT2D eigenvalue weighted by Gasteiger charge is -2.23. The molecule has 4 aromatic rings. The van der Waals surface area contributed by atoms with Gasteiger partial charge in [0.25, 0.3) is 0 Å². The van der Waals surface area contributed by atoms with Gasteiger partial charge in [0.05, 0.1) is 12.7 Å². The molecule has 3 aromatic carbocycles. The van der Waals surface area contributed by atoms with E-state index < -0.39 is 5.97 Å². The van der Waals surface area contributed by atoms with Crippen LogP contribution in [0.25, 0.3) is 22.3 Å². The van der Waals surface area contributed by atoms with Crippen LogP contribution in [0.5, 0.6) is 0 Å². The van der Waals surface area contributed by atoms with Crippen LogP contribution in [0.1, 0.15) is 47.5 Å². The number of nitrogens with zero attached hydrogens (tertiary/aromatic N) is 1. The summed E-state index contributed by atoms with van der Waals surface area (Å²) in [5.74, 6) is -0.849. The first-order valence-electron chi connectivity index (χ1n) is 11.5. The Bertz CT molecular complexity index is 1380. The number of likely N-dealkylation sites (N-methyl/N-ethyl adjacent to an activating group) is 1. The second-order valence-electron chi connectivity index (χ2n) is 8.64. The van der Waals surface area contributed by atoms with Gasteiger partial charge >= 0.3 is 5.97 Å². The van der Waals surface area contributed by atoms with Crippen LogP contribution >= 0.6 is 0 Å². The second kappa shape index (κ2) is 9.15. The highest BCUT2D eigenvalue weighted by Crippen LogP contribution is 2.43. The Kier molecular flexibility index (Phi) is 6.03. The summed E-state index contributed by atoms with van der Waals surface area (Å²) in [5.41, 5.74) is 4.07. The van der Waals surface area contributed by atoms with Crippen molar-refractivity contribution in [1.29, 1.82) is 0 Å². The zero-order valence-electron chi connectivity index (χ0n) is 19.7. The molecule has 0 N–H and O–H groups in total. The molecule has 2 atom stereocenters. The van der Waals surface area contributed by atoms with Gasteiger partial charge in [-0.3, -0.25) is 0 Å². The van der Waals surface area contributed by atoms with Crippen molar-refractivity contribution in [2.75, 3.05) is 25.1 Å². The smallest absolute Gasteiger partial charge is 0.342 e. The van der Waals surface area contributed by atoms with Gasteiger partial charge in [-0.05, 0) is 61.9 Å². The molecule has 1 aliphatic heterocycles. The van der Waals surface area contributed by atoms with Crippen molar-refractivity contribution in [3.05, 3.63) is 89.0 Å². The molecular formula is C28H25F2NO4. The minimum absolute atomic E-state index is 0.209. The Labute approximate surface area is 201 Å². The van der Waals surface area contributed by atoms with E-state index in [2.05, 4.69) is 4.90 Å². The van der Waals surface area contributed by atoms with Gasteiger partial charge in [0, 0.05) is 41.9 Å². The Balaban J connectivity index is 1.63. The molecule has 0 radical (unpaired) electrons. The number of benzene rings is 3. The van der Waals surface area contributed by atoms with Gasteiger partial charge < -0.3 is 18.8 Å². The lowest BCUT2D eigenvalue weighted by atomic mass is 10.0. The van der Waals surface area contributed by atoms with Crippen molar-refractivity contribution in [1.82, 2.24) is 0 Å². The number of furan rings is 1. The number of esters is 1. The molecule has 1 aliphatic rings. The summed E-state index contributed by atoms with van der Waals surface area (Å²) in [6.45, 7) is 4.45. The number of halogens is 2. The number of fused-ring (bicyclic) bond motifs is 2. The third kappa shape index (κ3) is 4.28. The van der Waals surface area contributed by atoms with Gasteiger partial charge in [-0.15, -0.1) is 0 Å². The van der Waals surface area contributed by atoms with E-state index in [1.165, 1.54) is 24.3 Å². The van der Waals surface area contributed by atoms with Crippen LogP contribution in [0, 0.1) is 11.6 Å². The molecule has 35 heavy (non-hydrogen) atoms. The van der Waals surface area contributed by atoms with Crippen molar-refractivity contribution in [3.8, 4) is 11.3 Å². The Morgan fingerprint density at radius 1 is 1.06 bits per heavy atom. The number of carbonyl (C=O) groups excluding carboxylic acids is 1. The van der Waals surface area contributed by atoms with Crippen molar-refractivity contribution >= 4 is 22.6 Å². The first-order chi connectivity index (χ1) is 16.9. The van der Waals surface area contributed by atoms with E-state index in [4.69, 9.17) is 13.9 Å². The van der Waals surface area contributed by atoms with Gasteiger partial charge in [0.2, 0.25) is 0 Å². The highest BCUT2D eigenvalue weighted by atomic mass is 19.1. The summed E-state index contributed by atoms with van der Waals surface area (Å²) in [7, 11) is 1.96. The molecule has 0 aliphatic carbocycles. The fraction of sp³-hybridized carbons (Fsp3) is 0.250. The Morgan fingerprint density at radius 2 is 1.71 bits per heavy atom. The maximum Gasteiger partial charge on any atom is 0.342 e. The van der Waals surface area contributed by atoms with E-state index in [-0.39, 0.29) is 30.4 Å². The lowest BCUT2D eigenvalue weighted by molar-refractivity contribution is 0.00453. The standard InChI is InChI=1S/C28H25F2NO4/c1-4-33-28(32)26-22-13-21-16(2)34-25(17-5-9-19(29)10-6-17)15-31(3)23(21)14-24(22)35-27(26)18-7-11-20(30)12-8-18/h5-14,16,25H,4,15H2,1-3H3. The summed E-state index contributed by atoms with van der Waals surface area (Å²) < 4.78 is 44.9. The minimum Gasteiger partial charge on any atom is -0.462 e. The Hall–Kier alpha value is -3.71. The van der Waals surface area contributed by atoms with E-state index in [1.54, 1.807) is 31.2 Å². The largest absolute Gasteiger partial charge is 0.462 e. The Morgan fingerprint density at radius 3 is 2.37 bits per heavy atom. The summed E-state index contributed by atoms with van der Waals surface area (Å²) >= 11 is 0. The fourth-order valence-corrected chi connectivity index (χ4v) is 4.59. The summed E-state index contributed by atoms with van der Waals surface area (Å²) in [6.07, 6.45) is -0.581. The minimum atomic E-state index is -0.509. The van der Waals surface area contributed by atoms with Gasteiger partial charge in [-0.2, -0.15) is 0 Å². The fourth-order valence-electron chi connectivity index (χ4n) is 4.59. The van der Waals surface area contributed by atoms with Crippen molar-refractivity contribution < 1.29 is 27.5 Å². The molecule has 0 spiro atoms. The van der Waals surface area contributed by atoms with E-state index in [0.29, 0.717) is 34.4 Å². The number of hydrogen-bond donors (Lipinski definition) is 0. The summed E-state index contributed by atoms with van der Waals surface area (Å²) in [5, 5.41) is 0.602. The predicted molar refractivity (Wildman–Crippen MR) is 129 cm³/mol. The second-order valence-corrected chi connectivity index (χ2v) is 8.64. The molecule has 180 valence electrons. The highest BCUT2D eigenvalue weighted by Gasteiger charge is 2.30. The maximum absolute atomic E-state index is 13.5. The molecule has 2 unspecified atom stereocenters. The third-order valence-electron chi connectivity index (χ3n) is 6.32. The van der Waals surface area contributed by atoms with Crippen LogP contribution in [0.15, 0.2) is 65.1 Å². The summed E-state index contributed by atoms with van der Waals surface area (Å²) in [4.78, 5) is 15.1. The zero-order chi connectivity index (χ0) is 24.7. The van der Waals surface area contributed by atoms with Crippen LogP contribution in [-0.4, -0.2) is 26.2 Å². The molecule has 0 fully saturated rings. The average Bonchev–Trinajstić information content (AvgIpc) is 3.17. The van der Waals surface area contributed by atoms with E-state index in [0.717, 1.165) is 16.8 Å². The van der Waals surface area contributed by atoms with E-state index >= 15 is 0 Å². The van der Waals surface area contributed by atoms with E-state index in [1.807, 2.05) is 26.1 Å². The van der Waals surface area contributed by atoms with Crippen molar-refractivity contribution in [2.24, 2.45) is 0 Å². The normalized spacial score (nSPS) is 17.8. The van der Waals surface area contributed by atoms with Gasteiger partial charge in [-0.25, -0.2) is 13.6 Å². The highest BCUT2D eigenvalue weighted by molar-refractivity contribution is 6.09. The molecule has 5 nitrogen and oxygen atoms in total. The third-order valence-corrected chi connectivity index (χ3v) is 6.32. The van der Waals surface area contributed by atoms with Crippen LogP contribution in [0.4, 0.5) is 14.5 Å². The van der Waals surface area contributed by atoms with Gasteiger partial charge in [0.15, 0.2) is 0 Å². The van der Waals surface area contributed by atoms with Crippen LogP contribution in [0.3, 0.4) is 0 Å². The molecule has 0 bridgehead atoms. The number of carbonyl (C=O) groups is 1. The average molecular weight is 478 g/mol. The quantitative estimate of drug-likeness (QED) is 0.302. The molecule has 5 rings (SSSR count). The number of rotatable bonds is 4. The monoisotopic (exact) mass is 477 g/mol. The first-order valence-corrected chi connectivity index (χ1v) is 11.5. The van der Waals surface area contributed by atoms with E-state index in [9.17, 15) is 13.6 Å². The molecule has 7 heteroatoms. The topological polar surface area (TPSA) is 51.9 Å². The van der Waals surface area contributed by atoms with Gasteiger partial charge in [-0.1, -0.05) is 12.1 Å². The molecule has 1 aromatic heterocycles. The molecule has 0 amide bonds. The number of ether oxygens (including phenoxy) is 2. The SMILES string of the molecule is CCOC(=O)c1c(-c2ccc(F)cc2)oc2cc3c(cc12)C(C)OC(c1ccc(F)cc1)CN3C. The number of hydrogen-bond acceptors (Lipinski definition) is 5. The molecule has 0 saturated heterocycles. The van der Waals surface area contributed by atoms with Gasteiger partial charge in [0.1, 0.15) is 34.6 Å². The van der Waals surface area contributed by atoms with Crippen LogP contribution in [-0.2, 0) is 9.47 Å². The van der Waals surface area contributed by atoms with Crippen LogP contribution < -0.4 is 4.90 Å². The predicted octanol–water partition coefficient (Wildman–Crippen LogP) is 6.82. The molecular weight excluding hydrogens is 452 g/mol. The van der Waals surface area contributed by atoms with Crippen LogP contribution in [0.2, 0.25) is 0 Å². The summed E-state index contributed by atoms with van der Waals surface area (Å²) in [6, 6.07) is 15.9. The zero-order valence-corrected chi connectivity index (χ0v) is 19.7. The van der Waals surface area contributed by atoms with Crippen molar-refractivity contribution in [2.45, 2.75) is 26.1 Å². The molecule has 0 saturated carbocycles. The lowest BCUT2D eigenvalue weighted by Crippen LogP contribution is -2.23. The number of anilines is 1. The first kappa shape index (κ1) is 23.1. The maximum atomic E-state index is 13.5. The molecule has 2 heterocycles. The van der Waals surface area contributed by atoms with Crippen molar-refractivity contribution in [3.63, 3.8) is 0 Å².